The Morgan fingerprint density at radius 1 is 1.13 bits per heavy atom. The first-order valence-corrected chi connectivity index (χ1v) is 6.26. The van der Waals surface area contributed by atoms with Crippen molar-refractivity contribution in [2.45, 2.75) is 44.9 Å². The predicted octanol–water partition coefficient (Wildman–Crippen LogP) is 2.77. The van der Waals surface area contributed by atoms with Crippen molar-refractivity contribution in [3.05, 3.63) is 0 Å². The van der Waals surface area contributed by atoms with Crippen LogP contribution in [-0.2, 0) is 9.53 Å². The molecule has 0 N–H and O–H groups in total. The molecule has 4 fully saturated rings. The number of carbonyl (C=O) groups excluding carboxylic acids is 1. The average molecular weight is 208 g/mol. The SMILES string of the molecule is COC(=O)CC12CC3CC(CC(C3)C1)C2. The molecule has 0 aromatic heterocycles. The molecule has 2 nitrogen and oxygen atoms in total. The number of hydrogen-bond acceptors (Lipinski definition) is 2. The molecule has 0 unspecified atom stereocenters. The average Bonchev–Trinajstić information content (AvgIpc) is 2.14. The Bertz CT molecular complexity index is 247. The lowest BCUT2D eigenvalue weighted by Crippen LogP contribution is -2.46. The summed E-state index contributed by atoms with van der Waals surface area (Å²) in [6, 6.07) is 0. The van der Waals surface area contributed by atoms with Gasteiger partial charge in [0.15, 0.2) is 0 Å². The predicted molar refractivity (Wildman–Crippen MR) is 57.2 cm³/mol. The van der Waals surface area contributed by atoms with Crippen LogP contribution in [0, 0.1) is 23.2 Å². The maximum Gasteiger partial charge on any atom is 0.306 e. The topological polar surface area (TPSA) is 26.3 Å². The van der Waals surface area contributed by atoms with Crippen LogP contribution in [0.25, 0.3) is 0 Å². The van der Waals surface area contributed by atoms with E-state index in [2.05, 4.69) is 0 Å². The van der Waals surface area contributed by atoms with Crippen LogP contribution < -0.4 is 0 Å². The van der Waals surface area contributed by atoms with Gasteiger partial charge in [-0.3, -0.25) is 4.79 Å². The summed E-state index contributed by atoms with van der Waals surface area (Å²) in [6.45, 7) is 0. The molecule has 0 radical (unpaired) electrons. The molecular weight excluding hydrogens is 188 g/mol. The number of esters is 1. The highest BCUT2D eigenvalue weighted by Crippen LogP contribution is 2.61. The van der Waals surface area contributed by atoms with Crippen molar-refractivity contribution < 1.29 is 9.53 Å². The van der Waals surface area contributed by atoms with E-state index in [1.54, 1.807) is 0 Å². The Morgan fingerprint density at radius 2 is 1.60 bits per heavy atom. The van der Waals surface area contributed by atoms with Crippen LogP contribution in [0.15, 0.2) is 0 Å². The molecule has 4 rings (SSSR count). The van der Waals surface area contributed by atoms with Crippen LogP contribution in [0.4, 0.5) is 0 Å². The standard InChI is InChI=1S/C13H20O2/c1-15-12(14)8-13-5-9-2-10(6-13)4-11(3-9)7-13/h9-11H,2-8H2,1H3. The molecule has 0 saturated heterocycles. The molecule has 4 saturated carbocycles. The van der Waals surface area contributed by atoms with E-state index in [1.807, 2.05) is 0 Å². The van der Waals surface area contributed by atoms with Gasteiger partial charge >= 0.3 is 5.97 Å². The van der Waals surface area contributed by atoms with Gasteiger partial charge in [0.2, 0.25) is 0 Å². The van der Waals surface area contributed by atoms with Gasteiger partial charge in [0.25, 0.3) is 0 Å². The summed E-state index contributed by atoms with van der Waals surface area (Å²) in [5.41, 5.74) is 0.349. The summed E-state index contributed by atoms with van der Waals surface area (Å²) >= 11 is 0. The summed E-state index contributed by atoms with van der Waals surface area (Å²) in [5, 5.41) is 0. The fourth-order valence-corrected chi connectivity index (χ4v) is 4.88. The van der Waals surface area contributed by atoms with Crippen molar-refractivity contribution in [1.29, 1.82) is 0 Å². The van der Waals surface area contributed by atoms with Crippen molar-refractivity contribution in [2.24, 2.45) is 23.2 Å². The van der Waals surface area contributed by atoms with E-state index < -0.39 is 0 Å². The summed E-state index contributed by atoms with van der Waals surface area (Å²) in [5.74, 6) is 2.81. The quantitative estimate of drug-likeness (QED) is 0.652. The summed E-state index contributed by atoms with van der Waals surface area (Å²) < 4.78 is 4.85. The molecule has 0 spiro atoms. The number of methoxy groups -OCH3 is 1. The van der Waals surface area contributed by atoms with Crippen LogP contribution in [0.1, 0.15) is 44.9 Å². The Kier molecular flexibility index (Phi) is 2.08. The van der Waals surface area contributed by atoms with Crippen molar-refractivity contribution in [3.63, 3.8) is 0 Å². The molecule has 0 aromatic rings. The normalized spacial score (nSPS) is 46.9. The first-order chi connectivity index (χ1) is 7.19. The molecule has 0 atom stereocenters. The van der Waals surface area contributed by atoms with Crippen molar-refractivity contribution in [1.82, 2.24) is 0 Å². The van der Waals surface area contributed by atoms with E-state index in [4.69, 9.17) is 4.74 Å². The number of ether oxygens (including phenoxy) is 1. The molecule has 84 valence electrons. The highest BCUT2D eigenvalue weighted by molar-refractivity contribution is 5.70. The van der Waals surface area contributed by atoms with Crippen molar-refractivity contribution in [2.75, 3.05) is 7.11 Å². The van der Waals surface area contributed by atoms with Gasteiger partial charge in [-0.1, -0.05) is 0 Å². The van der Waals surface area contributed by atoms with E-state index in [9.17, 15) is 4.79 Å². The lowest BCUT2D eigenvalue weighted by molar-refractivity contribution is -0.149. The Morgan fingerprint density at radius 3 is 2.00 bits per heavy atom. The third-order valence-corrected chi connectivity index (χ3v) is 4.91. The zero-order valence-corrected chi connectivity index (χ0v) is 9.50. The van der Waals surface area contributed by atoms with Crippen LogP contribution in [0.5, 0.6) is 0 Å². The van der Waals surface area contributed by atoms with Crippen molar-refractivity contribution in [3.8, 4) is 0 Å². The maximum atomic E-state index is 11.5. The molecular formula is C13H20O2. The largest absolute Gasteiger partial charge is 0.469 e. The molecule has 4 aliphatic rings. The molecule has 4 bridgehead atoms. The van der Waals surface area contributed by atoms with Gasteiger partial charge < -0.3 is 4.74 Å². The third kappa shape index (κ3) is 1.58. The van der Waals surface area contributed by atoms with Crippen LogP contribution in [-0.4, -0.2) is 13.1 Å². The first kappa shape index (κ1) is 9.68. The highest BCUT2D eigenvalue weighted by Gasteiger charge is 2.51. The smallest absolute Gasteiger partial charge is 0.306 e. The van der Waals surface area contributed by atoms with E-state index in [1.165, 1.54) is 45.6 Å². The molecule has 0 amide bonds. The fourth-order valence-electron chi connectivity index (χ4n) is 4.88. The van der Waals surface area contributed by atoms with Gasteiger partial charge in [-0.25, -0.2) is 0 Å². The van der Waals surface area contributed by atoms with Crippen LogP contribution in [0.3, 0.4) is 0 Å². The second kappa shape index (κ2) is 3.23. The number of rotatable bonds is 2. The number of hydrogen-bond donors (Lipinski definition) is 0. The van der Waals surface area contributed by atoms with Gasteiger partial charge in [-0.15, -0.1) is 0 Å². The van der Waals surface area contributed by atoms with E-state index in [0.29, 0.717) is 11.8 Å². The minimum atomic E-state index is 0.0111. The van der Waals surface area contributed by atoms with Crippen LogP contribution >= 0.6 is 0 Å². The number of carbonyl (C=O) groups is 1. The summed E-state index contributed by atoms with van der Waals surface area (Å²) in [6.07, 6.45) is 8.92. The van der Waals surface area contributed by atoms with Crippen molar-refractivity contribution >= 4 is 5.97 Å². The second-order valence-corrected chi connectivity index (χ2v) is 6.17. The second-order valence-electron chi connectivity index (χ2n) is 6.17. The summed E-state index contributed by atoms with van der Waals surface area (Å²) in [7, 11) is 1.52. The molecule has 0 aromatic carbocycles. The lowest BCUT2D eigenvalue weighted by atomic mass is 9.49. The van der Waals surface area contributed by atoms with Crippen LogP contribution in [0.2, 0.25) is 0 Å². The minimum absolute atomic E-state index is 0.0111. The monoisotopic (exact) mass is 208 g/mol. The minimum Gasteiger partial charge on any atom is -0.469 e. The Labute approximate surface area is 91.4 Å². The molecule has 2 heteroatoms. The molecule has 15 heavy (non-hydrogen) atoms. The van der Waals surface area contributed by atoms with Gasteiger partial charge in [-0.05, 0) is 61.7 Å². The Hall–Kier alpha value is -0.530. The lowest BCUT2D eigenvalue weighted by Gasteiger charge is -2.56. The van der Waals surface area contributed by atoms with Gasteiger partial charge in [0, 0.05) is 0 Å². The molecule has 0 aliphatic heterocycles. The maximum absolute atomic E-state index is 11.5. The molecule has 0 heterocycles. The van der Waals surface area contributed by atoms with Gasteiger partial charge in [0.1, 0.15) is 0 Å². The zero-order chi connectivity index (χ0) is 10.5. The van der Waals surface area contributed by atoms with E-state index in [-0.39, 0.29) is 5.97 Å². The van der Waals surface area contributed by atoms with E-state index in [0.717, 1.165) is 17.8 Å². The third-order valence-electron chi connectivity index (χ3n) is 4.91. The Balaban J connectivity index is 1.78. The zero-order valence-electron chi connectivity index (χ0n) is 9.50. The summed E-state index contributed by atoms with van der Waals surface area (Å²) in [4.78, 5) is 11.5. The molecule has 4 aliphatic carbocycles. The van der Waals surface area contributed by atoms with E-state index >= 15 is 0 Å². The fraction of sp³-hybridized carbons (Fsp3) is 0.923. The highest BCUT2D eigenvalue weighted by atomic mass is 16.5. The van der Waals surface area contributed by atoms with Gasteiger partial charge in [0.05, 0.1) is 13.5 Å². The first-order valence-electron chi connectivity index (χ1n) is 6.26. The van der Waals surface area contributed by atoms with Gasteiger partial charge in [-0.2, -0.15) is 0 Å².